The van der Waals surface area contributed by atoms with Crippen molar-refractivity contribution in [2.24, 2.45) is 0 Å². The van der Waals surface area contributed by atoms with Crippen molar-refractivity contribution in [2.45, 2.75) is 11.8 Å². The molecule has 2 amide bonds. The molecule has 1 aromatic heterocycles. The molecule has 11 heteroatoms. The first kappa shape index (κ1) is 21.1. The van der Waals surface area contributed by atoms with Crippen LogP contribution in [0.3, 0.4) is 0 Å². The molecule has 1 saturated heterocycles. The molecule has 1 aliphatic rings. The normalized spacial score (nSPS) is 14.5. The first-order chi connectivity index (χ1) is 13.9. The third-order valence-electron chi connectivity index (χ3n) is 4.40. The fourth-order valence-electron chi connectivity index (χ4n) is 2.89. The van der Waals surface area contributed by atoms with Crippen molar-refractivity contribution in [1.82, 2.24) is 14.8 Å². The van der Waals surface area contributed by atoms with E-state index < -0.39 is 16.1 Å². The molecule has 2 aromatic rings. The molecular formula is C18H22N4O5S2. The van der Waals surface area contributed by atoms with E-state index in [1.54, 1.807) is 35.4 Å². The molecule has 0 unspecified atom stereocenters. The predicted molar refractivity (Wildman–Crippen MR) is 108 cm³/mol. The van der Waals surface area contributed by atoms with Crippen LogP contribution in [0, 0.1) is 0 Å². The van der Waals surface area contributed by atoms with E-state index >= 15 is 0 Å². The highest BCUT2D eigenvalue weighted by molar-refractivity contribution is 7.93. The maximum atomic E-state index is 13.1. The Morgan fingerprint density at radius 2 is 1.79 bits per heavy atom. The Kier molecular flexibility index (Phi) is 6.70. The molecule has 2 heterocycles. The van der Waals surface area contributed by atoms with Crippen LogP contribution in [0.25, 0.3) is 0 Å². The Balaban J connectivity index is 1.73. The Bertz CT molecular complexity index is 926. The second-order valence-corrected chi connectivity index (χ2v) is 8.94. The van der Waals surface area contributed by atoms with E-state index in [1.165, 1.54) is 23.2 Å². The van der Waals surface area contributed by atoms with Crippen LogP contribution in [0.5, 0.6) is 0 Å². The number of sulfonamides is 1. The van der Waals surface area contributed by atoms with Gasteiger partial charge in [0.2, 0.25) is 5.91 Å². The summed E-state index contributed by atoms with van der Waals surface area (Å²) < 4.78 is 32.2. The zero-order chi connectivity index (χ0) is 20.9. The maximum Gasteiger partial charge on any atom is 0.409 e. The Morgan fingerprint density at radius 3 is 2.38 bits per heavy atom. The first-order valence-corrected chi connectivity index (χ1v) is 11.4. The number of thiazole rings is 1. The molecule has 156 valence electrons. The number of anilines is 1. The van der Waals surface area contributed by atoms with Gasteiger partial charge in [0.25, 0.3) is 10.0 Å². The summed E-state index contributed by atoms with van der Waals surface area (Å²) in [5.74, 6) is -0.344. The van der Waals surface area contributed by atoms with Crippen molar-refractivity contribution >= 4 is 38.5 Å². The van der Waals surface area contributed by atoms with E-state index in [9.17, 15) is 18.0 Å². The number of piperazine rings is 1. The lowest BCUT2D eigenvalue weighted by Crippen LogP contribution is -2.53. The molecule has 3 rings (SSSR count). The average molecular weight is 439 g/mol. The van der Waals surface area contributed by atoms with Gasteiger partial charge in [0.1, 0.15) is 6.54 Å². The minimum atomic E-state index is -3.94. The fourth-order valence-corrected chi connectivity index (χ4v) is 5.15. The summed E-state index contributed by atoms with van der Waals surface area (Å²) in [6, 6.07) is 7.95. The standard InChI is InChI=1S/C18H22N4O5S2/c1-2-27-18(24)21-11-9-20(10-12-21)16(23)14-22(17-19-8-13-28-17)29(25,26)15-6-4-3-5-7-15/h3-8,13H,2,9-12,14H2,1H3. The second kappa shape index (κ2) is 9.23. The molecule has 9 nitrogen and oxygen atoms in total. The number of nitrogens with zero attached hydrogens (tertiary/aromatic N) is 4. The second-order valence-electron chi connectivity index (χ2n) is 6.21. The zero-order valence-corrected chi connectivity index (χ0v) is 17.6. The Hall–Kier alpha value is -2.66. The molecule has 0 radical (unpaired) electrons. The summed E-state index contributed by atoms with van der Waals surface area (Å²) in [6.07, 6.45) is 1.09. The van der Waals surface area contributed by atoms with Gasteiger partial charge in [-0.25, -0.2) is 22.5 Å². The molecule has 29 heavy (non-hydrogen) atoms. The van der Waals surface area contributed by atoms with Gasteiger partial charge in [-0.1, -0.05) is 18.2 Å². The van der Waals surface area contributed by atoms with E-state index in [2.05, 4.69) is 4.98 Å². The van der Waals surface area contributed by atoms with Crippen LogP contribution in [0.1, 0.15) is 6.92 Å². The predicted octanol–water partition coefficient (Wildman–Crippen LogP) is 1.64. The van der Waals surface area contributed by atoms with E-state index in [-0.39, 0.29) is 29.1 Å². The van der Waals surface area contributed by atoms with Crippen LogP contribution in [0.4, 0.5) is 9.93 Å². The lowest BCUT2D eigenvalue weighted by Gasteiger charge is -2.35. The molecule has 0 saturated carbocycles. The number of rotatable bonds is 6. The molecule has 1 fully saturated rings. The van der Waals surface area contributed by atoms with Gasteiger partial charge in [-0.15, -0.1) is 11.3 Å². The number of aromatic nitrogens is 1. The van der Waals surface area contributed by atoms with Crippen molar-refractivity contribution in [1.29, 1.82) is 0 Å². The number of hydrogen-bond acceptors (Lipinski definition) is 7. The van der Waals surface area contributed by atoms with E-state index in [4.69, 9.17) is 4.74 Å². The number of ether oxygens (including phenoxy) is 1. The molecule has 1 aliphatic heterocycles. The molecule has 0 bridgehead atoms. The van der Waals surface area contributed by atoms with Crippen LogP contribution in [-0.4, -0.2) is 74.5 Å². The summed E-state index contributed by atoms with van der Waals surface area (Å²) in [5, 5.41) is 1.89. The van der Waals surface area contributed by atoms with Gasteiger partial charge < -0.3 is 14.5 Å². The summed E-state index contributed by atoms with van der Waals surface area (Å²) in [5.41, 5.74) is 0. The SMILES string of the molecule is CCOC(=O)N1CCN(C(=O)CN(c2nccs2)S(=O)(=O)c2ccccc2)CC1. The van der Waals surface area contributed by atoms with Crippen LogP contribution in [0.2, 0.25) is 0 Å². The first-order valence-electron chi connectivity index (χ1n) is 9.10. The third kappa shape index (κ3) is 4.85. The van der Waals surface area contributed by atoms with Gasteiger partial charge in [-0.3, -0.25) is 4.79 Å². The zero-order valence-electron chi connectivity index (χ0n) is 15.9. The minimum Gasteiger partial charge on any atom is -0.450 e. The molecule has 0 N–H and O–H groups in total. The van der Waals surface area contributed by atoms with Gasteiger partial charge in [-0.2, -0.15) is 0 Å². The fraction of sp³-hybridized carbons (Fsp3) is 0.389. The largest absolute Gasteiger partial charge is 0.450 e. The Morgan fingerprint density at radius 1 is 1.14 bits per heavy atom. The van der Waals surface area contributed by atoms with Gasteiger partial charge in [0.15, 0.2) is 5.13 Å². The minimum absolute atomic E-state index is 0.0927. The lowest BCUT2D eigenvalue weighted by molar-refractivity contribution is -0.131. The lowest BCUT2D eigenvalue weighted by atomic mass is 10.3. The number of benzene rings is 1. The third-order valence-corrected chi connectivity index (χ3v) is 7.06. The molecule has 0 spiro atoms. The molecular weight excluding hydrogens is 416 g/mol. The summed E-state index contributed by atoms with van der Waals surface area (Å²) in [6.45, 7) is 2.98. The highest BCUT2D eigenvalue weighted by Gasteiger charge is 2.32. The van der Waals surface area contributed by atoms with Crippen molar-refractivity contribution in [3.63, 3.8) is 0 Å². The number of carbonyl (C=O) groups is 2. The summed E-state index contributed by atoms with van der Waals surface area (Å²) in [7, 11) is -3.94. The van der Waals surface area contributed by atoms with Gasteiger partial charge in [0.05, 0.1) is 11.5 Å². The molecule has 0 aliphatic carbocycles. The average Bonchev–Trinajstić information content (AvgIpc) is 3.27. The topological polar surface area (TPSA) is 100 Å². The van der Waals surface area contributed by atoms with Gasteiger partial charge in [-0.05, 0) is 19.1 Å². The summed E-state index contributed by atoms with van der Waals surface area (Å²) in [4.78, 5) is 31.9. The van der Waals surface area contributed by atoms with E-state index in [0.29, 0.717) is 26.2 Å². The highest BCUT2D eigenvalue weighted by Crippen LogP contribution is 2.25. The smallest absolute Gasteiger partial charge is 0.409 e. The van der Waals surface area contributed by atoms with Crippen LogP contribution < -0.4 is 4.31 Å². The van der Waals surface area contributed by atoms with Crippen LogP contribution >= 0.6 is 11.3 Å². The van der Waals surface area contributed by atoms with Crippen LogP contribution in [0.15, 0.2) is 46.8 Å². The van der Waals surface area contributed by atoms with Crippen molar-refractivity contribution in [2.75, 3.05) is 43.6 Å². The molecule has 1 aromatic carbocycles. The van der Waals surface area contributed by atoms with E-state index in [1.807, 2.05) is 0 Å². The molecule has 0 atom stereocenters. The number of hydrogen-bond donors (Lipinski definition) is 0. The van der Waals surface area contributed by atoms with Crippen molar-refractivity contribution in [3.05, 3.63) is 41.9 Å². The van der Waals surface area contributed by atoms with Crippen molar-refractivity contribution in [3.8, 4) is 0 Å². The van der Waals surface area contributed by atoms with Gasteiger partial charge >= 0.3 is 6.09 Å². The van der Waals surface area contributed by atoms with Crippen molar-refractivity contribution < 1.29 is 22.7 Å². The van der Waals surface area contributed by atoms with Crippen LogP contribution in [-0.2, 0) is 19.6 Å². The Labute approximate surface area is 173 Å². The number of amides is 2. The summed E-state index contributed by atoms with van der Waals surface area (Å²) >= 11 is 1.15. The monoisotopic (exact) mass is 438 g/mol. The highest BCUT2D eigenvalue weighted by atomic mass is 32.2. The quantitative estimate of drug-likeness (QED) is 0.680. The maximum absolute atomic E-state index is 13.1. The van der Waals surface area contributed by atoms with Gasteiger partial charge in [0, 0.05) is 37.8 Å². The van der Waals surface area contributed by atoms with E-state index in [0.717, 1.165) is 15.6 Å². The number of carbonyl (C=O) groups excluding carboxylic acids is 2.